The fourth-order valence-corrected chi connectivity index (χ4v) is 3.21. The van der Waals surface area contributed by atoms with Gasteiger partial charge in [-0.1, -0.05) is 0 Å². The van der Waals surface area contributed by atoms with E-state index in [1.807, 2.05) is 37.9 Å². The molecular formula is C17H26N6O2. The molecule has 0 spiro atoms. The molecule has 1 aliphatic heterocycles. The van der Waals surface area contributed by atoms with Gasteiger partial charge in [0.05, 0.1) is 11.9 Å². The van der Waals surface area contributed by atoms with Crippen molar-refractivity contribution in [3.63, 3.8) is 0 Å². The van der Waals surface area contributed by atoms with Crippen LogP contribution in [0, 0.1) is 5.92 Å². The Hall–Kier alpha value is -2.35. The lowest BCUT2D eigenvalue weighted by molar-refractivity contribution is 0.0552. The summed E-state index contributed by atoms with van der Waals surface area (Å²) in [7, 11) is 1.87. The summed E-state index contributed by atoms with van der Waals surface area (Å²) in [6.45, 7) is 5.27. The molecule has 1 aliphatic rings. The van der Waals surface area contributed by atoms with Gasteiger partial charge in [-0.25, -0.2) is 9.78 Å². The Balaban J connectivity index is 1.62. The lowest BCUT2D eigenvalue weighted by Crippen LogP contribution is -2.44. The second-order valence-electron chi connectivity index (χ2n) is 6.92. The standard InChI is InChI=1S/C17H26N6O2/c1-12(2)23-11-14(9-19-23)20-17(25)22-7-4-5-13(10-22)15(24)16-18-6-8-21(16)3/h6,8-9,11-13,15,24H,4-5,7,10H2,1-3H3,(H,20,25)/t13-,15-/m0/s1. The predicted molar refractivity (Wildman–Crippen MR) is 94.1 cm³/mol. The molecule has 0 radical (unpaired) electrons. The number of hydrogen-bond donors (Lipinski definition) is 2. The van der Waals surface area contributed by atoms with Gasteiger partial charge in [-0.3, -0.25) is 4.68 Å². The van der Waals surface area contributed by atoms with Crippen LogP contribution in [0.15, 0.2) is 24.8 Å². The summed E-state index contributed by atoms with van der Waals surface area (Å²) >= 11 is 0. The van der Waals surface area contributed by atoms with E-state index in [-0.39, 0.29) is 18.0 Å². The second-order valence-corrected chi connectivity index (χ2v) is 6.92. The van der Waals surface area contributed by atoms with Crippen molar-refractivity contribution >= 4 is 11.7 Å². The number of rotatable bonds is 4. The Morgan fingerprint density at radius 2 is 2.24 bits per heavy atom. The smallest absolute Gasteiger partial charge is 0.321 e. The number of aliphatic hydroxyl groups is 1. The van der Waals surface area contributed by atoms with E-state index in [4.69, 9.17) is 0 Å². The highest BCUT2D eigenvalue weighted by atomic mass is 16.3. The Labute approximate surface area is 147 Å². The van der Waals surface area contributed by atoms with Gasteiger partial charge in [0.2, 0.25) is 0 Å². The molecule has 3 heterocycles. The van der Waals surface area contributed by atoms with E-state index in [9.17, 15) is 9.90 Å². The molecule has 2 aromatic heterocycles. The van der Waals surface area contributed by atoms with Crippen molar-refractivity contribution in [1.82, 2.24) is 24.2 Å². The summed E-state index contributed by atoms with van der Waals surface area (Å²) in [5.74, 6) is 0.629. The third-order valence-electron chi connectivity index (χ3n) is 4.70. The maximum Gasteiger partial charge on any atom is 0.321 e. The van der Waals surface area contributed by atoms with E-state index in [1.54, 1.807) is 22.0 Å². The minimum atomic E-state index is -0.667. The van der Waals surface area contributed by atoms with Gasteiger partial charge in [-0.2, -0.15) is 5.10 Å². The number of urea groups is 1. The molecule has 0 unspecified atom stereocenters. The van der Waals surface area contributed by atoms with Gasteiger partial charge in [0, 0.05) is 50.7 Å². The van der Waals surface area contributed by atoms with Gasteiger partial charge in [-0.05, 0) is 26.7 Å². The van der Waals surface area contributed by atoms with E-state index in [1.165, 1.54) is 0 Å². The third kappa shape index (κ3) is 3.84. The number of imidazole rings is 1. The van der Waals surface area contributed by atoms with Crippen LogP contribution in [0.4, 0.5) is 10.5 Å². The van der Waals surface area contributed by atoms with Crippen molar-refractivity contribution in [3.05, 3.63) is 30.6 Å². The fraction of sp³-hybridized carbons (Fsp3) is 0.588. The maximum atomic E-state index is 12.5. The molecule has 2 aromatic rings. The van der Waals surface area contributed by atoms with E-state index < -0.39 is 6.10 Å². The van der Waals surface area contributed by atoms with Gasteiger partial charge in [0.15, 0.2) is 0 Å². The van der Waals surface area contributed by atoms with Crippen LogP contribution in [0.3, 0.4) is 0 Å². The van der Waals surface area contributed by atoms with Crippen LogP contribution in [0.2, 0.25) is 0 Å². The Bertz CT molecular complexity index is 722. The molecule has 2 amide bonds. The molecule has 1 fully saturated rings. The van der Waals surface area contributed by atoms with Crippen LogP contribution < -0.4 is 5.32 Å². The highest BCUT2D eigenvalue weighted by molar-refractivity contribution is 5.89. The predicted octanol–water partition coefficient (Wildman–Crippen LogP) is 2.17. The zero-order chi connectivity index (χ0) is 18.0. The number of piperidine rings is 1. The summed E-state index contributed by atoms with van der Waals surface area (Å²) in [5.41, 5.74) is 0.686. The van der Waals surface area contributed by atoms with Gasteiger partial charge in [-0.15, -0.1) is 0 Å². The Kier molecular flexibility index (Phi) is 5.08. The lowest BCUT2D eigenvalue weighted by Gasteiger charge is -2.34. The van der Waals surface area contributed by atoms with Crippen molar-refractivity contribution in [2.24, 2.45) is 13.0 Å². The topological polar surface area (TPSA) is 88.2 Å². The number of anilines is 1. The first kappa shape index (κ1) is 17.5. The number of aryl methyl sites for hydroxylation is 1. The molecule has 25 heavy (non-hydrogen) atoms. The molecule has 0 aromatic carbocycles. The average Bonchev–Trinajstić information content (AvgIpc) is 3.23. The van der Waals surface area contributed by atoms with Crippen LogP contribution >= 0.6 is 0 Å². The Morgan fingerprint density at radius 1 is 1.44 bits per heavy atom. The number of carbonyl (C=O) groups excluding carboxylic acids is 1. The van der Waals surface area contributed by atoms with Crippen LogP contribution in [-0.4, -0.2) is 48.5 Å². The molecule has 0 aliphatic carbocycles. The zero-order valence-corrected chi connectivity index (χ0v) is 15.0. The summed E-state index contributed by atoms with van der Waals surface area (Å²) in [6.07, 6.45) is 8.05. The summed E-state index contributed by atoms with van der Waals surface area (Å²) in [5, 5.41) is 17.7. The summed E-state index contributed by atoms with van der Waals surface area (Å²) < 4.78 is 3.63. The number of nitrogens with one attached hydrogen (secondary N) is 1. The molecule has 136 valence electrons. The van der Waals surface area contributed by atoms with Crippen LogP contribution in [0.5, 0.6) is 0 Å². The molecule has 2 N–H and O–H groups in total. The van der Waals surface area contributed by atoms with Gasteiger partial charge < -0.3 is 19.9 Å². The van der Waals surface area contributed by atoms with E-state index in [0.29, 0.717) is 24.6 Å². The van der Waals surface area contributed by atoms with Gasteiger partial charge in [0.25, 0.3) is 0 Å². The van der Waals surface area contributed by atoms with E-state index in [0.717, 1.165) is 12.8 Å². The summed E-state index contributed by atoms with van der Waals surface area (Å²) in [4.78, 5) is 18.5. The maximum absolute atomic E-state index is 12.5. The highest BCUT2D eigenvalue weighted by Crippen LogP contribution is 2.29. The van der Waals surface area contributed by atoms with Gasteiger partial charge in [0.1, 0.15) is 11.9 Å². The van der Waals surface area contributed by atoms with Crippen LogP contribution in [0.25, 0.3) is 0 Å². The second kappa shape index (κ2) is 7.26. The fourth-order valence-electron chi connectivity index (χ4n) is 3.21. The number of aliphatic hydroxyl groups excluding tert-OH is 1. The molecular weight excluding hydrogens is 320 g/mol. The molecule has 0 saturated carbocycles. The minimum Gasteiger partial charge on any atom is -0.385 e. The quantitative estimate of drug-likeness (QED) is 0.888. The van der Waals surface area contributed by atoms with Crippen molar-refractivity contribution in [3.8, 4) is 0 Å². The van der Waals surface area contributed by atoms with E-state index >= 15 is 0 Å². The number of hydrogen-bond acceptors (Lipinski definition) is 4. The highest BCUT2D eigenvalue weighted by Gasteiger charge is 2.31. The molecule has 1 saturated heterocycles. The van der Waals surface area contributed by atoms with Crippen LogP contribution in [0.1, 0.15) is 44.7 Å². The monoisotopic (exact) mass is 346 g/mol. The normalized spacial score (nSPS) is 19.2. The largest absolute Gasteiger partial charge is 0.385 e. The first-order valence-corrected chi connectivity index (χ1v) is 8.71. The first-order chi connectivity index (χ1) is 12.0. The van der Waals surface area contributed by atoms with E-state index in [2.05, 4.69) is 15.4 Å². The Morgan fingerprint density at radius 3 is 2.88 bits per heavy atom. The van der Waals surface area contributed by atoms with Crippen molar-refractivity contribution in [2.75, 3.05) is 18.4 Å². The lowest BCUT2D eigenvalue weighted by atomic mass is 9.92. The minimum absolute atomic E-state index is 0.0148. The molecule has 8 nitrogen and oxygen atoms in total. The van der Waals surface area contributed by atoms with Gasteiger partial charge >= 0.3 is 6.03 Å². The molecule has 0 bridgehead atoms. The number of amides is 2. The first-order valence-electron chi connectivity index (χ1n) is 8.71. The molecule has 3 rings (SSSR count). The van der Waals surface area contributed by atoms with Crippen LogP contribution in [-0.2, 0) is 7.05 Å². The number of aromatic nitrogens is 4. The SMILES string of the molecule is CC(C)n1cc(NC(=O)N2CCC[C@H]([C@H](O)c3nccn3C)C2)cn1. The molecule has 2 atom stereocenters. The van der Waals surface area contributed by atoms with Crippen molar-refractivity contribution in [2.45, 2.75) is 38.8 Å². The van der Waals surface area contributed by atoms with Crippen molar-refractivity contribution < 1.29 is 9.90 Å². The molecule has 8 heteroatoms. The number of nitrogens with zero attached hydrogens (tertiary/aromatic N) is 5. The number of carbonyl (C=O) groups is 1. The summed E-state index contributed by atoms with van der Waals surface area (Å²) in [6, 6.07) is 0.0954. The zero-order valence-electron chi connectivity index (χ0n) is 15.0. The average molecular weight is 346 g/mol. The van der Waals surface area contributed by atoms with Crippen molar-refractivity contribution in [1.29, 1.82) is 0 Å². The number of likely N-dealkylation sites (tertiary alicyclic amines) is 1. The third-order valence-corrected chi connectivity index (χ3v) is 4.70.